The Labute approximate surface area is 393 Å². The maximum Gasteiger partial charge on any atom is 0.411 e. The molecule has 3 aliphatic heterocycles. The molecule has 7 heterocycles. The van der Waals surface area contributed by atoms with Crippen molar-refractivity contribution in [3.05, 3.63) is 82.3 Å². The van der Waals surface area contributed by atoms with Gasteiger partial charge < -0.3 is 34.3 Å². The molecule has 4 fully saturated rings. The van der Waals surface area contributed by atoms with Gasteiger partial charge in [-0.15, -0.1) is 11.3 Å². The third kappa shape index (κ3) is 9.19. The number of amides is 2. The Morgan fingerprint density at radius 1 is 0.985 bits per heavy atom. The lowest BCUT2D eigenvalue weighted by atomic mass is 10.0. The quantitative estimate of drug-likeness (QED) is 0.125. The lowest BCUT2D eigenvalue weighted by molar-refractivity contribution is -0.107. The van der Waals surface area contributed by atoms with Crippen molar-refractivity contribution < 1.29 is 33.0 Å². The van der Waals surface area contributed by atoms with Crippen molar-refractivity contribution in [1.29, 1.82) is 0 Å². The van der Waals surface area contributed by atoms with E-state index < -0.39 is 17.9 Å². The number of likely N-dealkylation sites (tertiary alicyclic amines) is 2. The highest BCUT2D eigenvalue weighted by atomic mass is 32.1. The summed E-state index contributed by atoms with van der Waals surface area (Å²) in [5.41, 5.74) is 4.88. The second-order valence-electron chi connectivity index (χ2n) is 19.6. The van der Waals surface area contributed by atoms with E-state index in [-0.39, 0.29) is 42.0 Å². The van der Waals surface area contributed by atoms with E-state index in [0.29, 0.717) is 29.1 Å². The molecule has 0 radical (unpaired) electrons. The van der Waals surface area contributed by atoms with E-state index in [1.54, 1.807) is 23.6 Å². The number of fused-ring (bicyclic) bond motifs is 6. The van der Waals surface area contributed by atoms with Gasteiger partial charge in [0.15, 0.2) is 0 Å². The topological polar surface area (TPSA) is 173 Å². The van der Waals surface area contributed by atoms with Crippen molar-refractivity contribution in [2.75, 3.05) is 27.2 Å². The van der Waals surface area contributed by atoms with E-state index in [1.165, 1.54) is 13.5 Å². The molecule has 6 aromatic rings. The number of hydrogen-bond donors (Lipinski definition) is 3. The molecule has 3 N–H and O–H groups in total. The smallest absolute Gasteiger partial charge is 0.411 e. The molecule has 17 heteroatoms. The average molecular weight is 934 g/mol. The molecule has 354 valence electrons. The minimum absolute atomic E-state index is 0.00662. The summed E-state index contributed by atoms with van der Waals surface area (Å²) < 4.78 is 35.5. The number of H-pyrrole nitrogens is 2. The molecule has 5 unspecified atom stereocenters. The molecule has 2 saturated carbocycles. The number of piperidine rings is 1. The molecule has 5 atom stereocenters. The maximum absolute atomic E-state index is 16.6. The molecule has 5 aliphatic rings. The molecular weight excluding hydrogens is 874 g/mol. The first-order valence-corrected chi connectivity index (χ1v) is 24.1. The van der Waals surface area contributed by atoms with Crippen molar-refractivity contribution >= 4 is 40.7 Å². The number of nitrogens with one attached hydrogen (secondary N) is 3. The van der Waals surface area contributed by atoms with Crippen molar-refractivity contribution in [3.63, 3.8) is 0 Å². The van der Waals surface area contributed by atoms with Crippen molar-refractivity contribution in [3.8, 4) is 39.5 Å². The zero-order chi connectivity index (χ0) is 47.4. The SMILES string of the molecule is CCC.CN1CCCC1c1ncc(-c2cc(F)c3c(c2)OC(c2cnc(C4CC4)s2)n2c-3cc3cc(-c4cnc(C5CC6(C)CC6N5C(=O)OC(C)(C)C)[nH]4)ccc32)[nH]1.COC(=O)NCC=O. The fraction of sp³-hybridized carbons (Fsp3) is 0.480. The van der Waals surface area contributed by atoms with Crippen LogP contribution in [0.1, 0.15) is 132 Å². The van der Waals surface area contributed by atoms with Gasteiger partial charge in [-0.25, -0.2) is 28.9 Å². The highest BCUT2D eigenvalue weighted by Crippen LogP contribution is 2.63. The van der Waals surface area contributed by atoms with E-state index in [9.17, 15) is 14.4 Å². The number of thiazole rings is 1. The van der Waals surface area contributed by atoms with Gasteiger partial charge in [0.2, 0.25) is 6.23 Å². The Morgan fingerprint density at radius 2 is 1.70 bits per heavy atom. The number of rotatable bonds is 8. The first-order valence-electron chi connectivity index (χ1n) is 23.3. The standard InChI is InChI=1S/C43H45FN8O3S.C4H7NO3.C3H8/c1-42(2,3)55-41(53)52-32(17-43(4)18-35(43)52)38-46-19-27(48-38)23-10-11-29-25(13-23)15-31-36-26(44)14-24(28-20-45-37(49-28)30-7-6-12-50(30)5)16-33(36)54-40(51(29)31)34-21-47-39(56-34)22-8-9-22;1-8-4(7)5-2-3-6;1-3-2/h10-11,13-16,19-22,30,32,35,40H,6-9,12,17-18H2,1-5H3,(H,45,49)(H,46,48);3H,2H2,1H3,(H,5,7);3H2,1-2H3. The molecule has 4 aromatic heterocycles. The van der Waals surface area contributed by atoms with Crippen LogP contribution in [0.5, 0.6) is 5.75 Å². The number of ether oxygens (including phenoxy) is 3. The van der Waals surface area contributed by atoms with E-state index >= 15 is 4.39 Å². The van der Waals surface area contributed by atoms with Crippen LogP contribution in [0.3, 0.4) is 0 Å². The van der Waals surface area contributed by atoms with Crippen LogP contribution in [0.4, 0.5) is 14.0 Å². The van der Waals surface area contributed by atoms with Crippen LogP contribution in [0, 0.1) is 11.2 Å². The third-order valence-corrected chi connectivity index (χ3v) is 14.2. The molecule has 0 bridgehead atoms. The van der Waals surface area contributed by atoms with Gasteiger partial charge in [0.05, 0.1) is 76.2 Å². The first-order chi connectivity index (χ1) is 32.1. The number of aromatic nitrogens is 6. The molecule has 67 heavy (non-hydrogen) atoms. The van der Waals surface area contributed by atoms with Gasteiger partial charge >= 0.3 is 12.2 Å². The summed E-state index contributed by atoms with van der Waals surface area (Å²) >= 11 is 1.68. The van der Waals surface area contributed by atoms with E-state index in [2.05, 4.69) is 81.6 Å². The Kier molecular flexibility index (Phi) is 12.5. The molecule has 2 aromatic carbocycles. The fourth-order valence-electron chi connectivity index (χ4n) is 9.57. The van der Waals surface area contributed by atoms with Gasteiger partial charge in [-0.1, -0.05) is 33.3 Å². The number of nitrogens with zero attached hydrogens (tertiary/aromatic N) is 6. The summed E-state index contributed by atoms with van der Waals surface area (Å²) in [7, 11) is 3.36. The average Bonchev–Trinajstić information content (AvgIpc) is 3.74. The third-order valence-electron chi connectivity index (χ3n) is 13.1. The summed E-state index contributed by atoms with van der Waals surface area (Å²) in [6.45, 7) is 13.2. The fourth-order valence-corrected chi connectivity index (χ4v) is 10.7. The summed E-state index contributed by atoms with van der Waals surface area (Å²) in [6, 6.07) is 12.1. The van der Waals surface area contributed by atoms with Crippen LogP contribution in [-0.4, -0.2) is 96.6 Å². The van der Waals surface area contributed by atoms with Gasteiger partial charge in [0.25, 0.3) is 0 Å². The van der Waals surface area contributed by atoms with E-state index in [1.807, 2.05) is 44.1 Å². The minimum atomic E-state index is -0.586. The first kappa shape index (κ1) is 46.1. The Bertz CT molecular complexity index is 2800. The zero-order valence-electron chi connectivity index (χ0n) is 39.4. The van der Waals surface area contributed by atoms with Gasteiger partial charge in [0, 0.05) is 34.7 Å². The van der Waals surface area contributed by atoms with Crippen LogP contribution >= 0.6 is 11.3 Å². The maximum atomic E-state index is 16.6. The van der Waals surface area contributed by atoms with Gasteiger partial charge in [-0.2, -0.15) is 0 Å². The van der Waals surface area contributed by atoms with E-state index in [4.69, 9.17) is 24.4 Å². The van der Waals surface area contributed by atoms with Gasteiger partial charge in [-0.05, 0) is 109 Å². The highest BCUT2D eigenvalue weighted by molar-refractivity contribution is 7.11. The lowest BCUT2D eigenvalue weighted by Gasteiger charge is -2.29. The number of carbonyl (C=O) groups excluding carboxylic acids is 3. The van der Waals surface area contributed by atoms with Crippen LogP contribution in [-0.2, 0) is 14.3 Å². The number of aldehydes is 1. The summed E-state index contributed by atoms with van der Waals surface area (Å²) in [6.07, 6.45) is 12.3. The zero-order valence-corrected chi connectivity index (χ0v) is 40.3. The number of imidazole rings is 2. The Balaban J connectivity index is 0.000000461. The summed E-state index contributed by atoms with van der Waals surface area (Å²) in [5.74, 6) is 2.32. The molecular formula is C50H60FN9O6S. The number of aromatic amines is 2. The number of carbonyl (C=O) groups is 3. The largest absolute Gasteiger partial charge is 0.464 e. The van der Waals surface area contributed by atoms with Crippen LogP contribution < -0.4 is 10.1 Å². The predicted octanol–water partition coefficient (Wildman–Crippen LogP) is 10.7. The molecule has 15 nitrogen and oxygen atoms in total. The number of benzene rings is 2. The number of methoxy groups -OCH3 is 1. The monoisotopic (exact) mass is 933 g/mol. The second kappa shape index (κ2) is 18.2. The van der Waals surface area contributed by atoms with Crippen LogP contribution in [0.25, 0.3) is 44.7 Å². The van der Waals surface area contributed by atoms with Crippen molar-refractivity contribution in [1.82, 2.24) is 44.6 Å². The lowest BCUT2D eigenvalue weighted by Crippen LogP contribution is -2.38. The predicted molar refractivity (Wildman–Crippen MR) is 254 cm³/mol. The second-order valence-corrected chi connectivity index (χ2v) is 20.7. The molecule has 11 rings (SSSR count). The van der Waals surface area contributed by atoms with Crippen molar-refractivity contribution in [2.45, 2.75) is 122 Å². The summed E-state index contributed by atoms with van der Waals surface area (Å²) in [4.78, 5) is 59.6. The van der Waals surface area contributed by atoms with E-state index in [0.717, 1.165) is 100 Å². The molecule has 2 amide bonds. The Hall–Kier alpha value is -6.07. The van der Waals surface area contributed by atoms with Crippen molar-refractivity contribution in [2.24, 2.45) is 5.41 Å². The number of halogens is 1. The van der Waals surface area contributed by atoms with Crippen LogP contribution in [0.15, 0.2) is 55.0 Å². The van der Waals surface area contributed by atoms with Crippen LogP contribution in [0.2, 0.25) is 0 Å². The molecule has 2 aliphatic carbocycles. The van der Waals surface area contributed by atoms with Gasteiger partial charge in [0.1, 0.15) is 35.1 Å². The number of hydrogen-bond acceptors (Lipinski definition) is 11. The van der Waals surface area contributed by atoms with Gasteiger partial charge in [-0.3, -0.25) is 14.4 Å². The normalized spacial score (nSPS) is 22.6. The minimum Gasteiger partial charge on any atom is -0.464 e. The highest BCUT2D eigenvalue weighted by Gasteiger charge is 2.64. The Morgan fingerprint density at radius 3 is 2.36 bits per heavy atom. The number of alkyl carbamates (subject to hydrolysis) is 1. The molecule has 0 spiro atoms. The summed E-state index contributed by atoms with van der Waals surface area (Å²) in [5, 5.41) is 4.24. The molecule has 2 saturated heterocycles.